The van der Waals surface area contributed by atoms with E-state index in [1.165, 1.54) is 87.7 Å². The van der Waals surface area contributed by atoms with Crippen molar-refractivity contribution in [3.8, 4) is 11.5 Å². The number of carbonyl (C=O) groups excluding carboxylic acids is 1. The Morgan fingerprint density at radius 1 is 1.05 bits per heavy atom. The third kappa shape index (κ3) is 6.19. The van der Waals surface area contributed by atoms with Gasteiger partial charge in [-0.2, -0.15) is 0 Å². The number of unbranched alkanes of at least 4 members (excludes halogenated alkanes) is 2. The van der Waals surface area contributed by atoms with Crippen LogP contribution < -0.4 is 9.47 Å². The van der Waals surface area contributed by atoms with Gasteiger partial charge in [-0.15, -0.1) is 0 Å². The third-order valence-corrected chi connectivity index (χ3v) is 9.94. The van der Waals surface area contributed by atoms with Crippen molar-refractivity contribution in [3.05, 3.63) is 29.0 Å². The molecule has 2 saturated heterocycles. The molecule has 216 valence electrons. The van der Waals surface area contributed by atoms with Gasteiger partial charge in [-0.3, -0.25) is 4.79 Å². The Balaban J connectivity index is 1.43. The number of esters is 1. The van der Waals surface area contributed by atoms with Crippen LogP contribution in [0.4, 0.5) is 0 Å². The Bertz CT molecular complexity index is 1050. The molecule has 2 bridgehead atoms. The second-order valence-corrected chi connectivity index (χ2v) is 13.3. The number of hydrogen-bond acceptors (Lipinski definition) is 5. The summed E-state index contributed by atoms with van der Waals surface area (Å²) >= 11 is 0. The molecular weight excluding hydrogens is 484 g/mol. The van der Waals surface area contributed by atoms with Gasteiger partial charge in [-0.25, -0.2) is 0 Å². The summed E-state index contributed by atoms with van der Waals surface area (Å²) < 4.78 is 13.1. The van der Waals surface area contributed by atoms with Gasteiger partial charge in [0.1, 0.15) is 17.1 Å². The van der Waals surface area contributed by atoms with Crippen molar-refractivity contribution in [2.24, 2.45) is 11.8 Å². The fourth-order valence-electron chi connectivity index (χ4n) is 7.50. The number of carbonyl (C=O) groups is 1. The molecular formula is C34H52N2O3. The first-order valence-corrected chi connectivity index (χ1v) is 16.1. The zero-order chi connectivity index (χ0) is 27.6. The Morgan fingerprint density at radius 3 is 2.51 bits per heavy atom. The minimum Gasteiger partial charge on any atom is -0.481 e. The highest BCUT2D eigenvalue weighted by Gasteiger charge is 2.47. The summed E-state index contributed by atoms with van der Waals surface area (Å²) in [4.78, 5) is 18.3. The van der Waals surface area contributed by atoms with Crippen molar-refractivity contribution >= 4 is 11.5 Å². The monoisotopic (exact) mass is 536 g/mol. The maximum Gasteiger partial charge on any atom is 0.311 e. The number of fused-ring (bicyclic) bond motifs is 3. The number of allylic oxidation sites excluding steroid dienone is 1. The van der Waals surface area contributed by atoms with E-state index in [0.717, 1.165) is 43.1 Å². The summed E-state index contributed by atoms with van der Waals surface area (Å²) in [5.74, 6) is 2.98. The molecule has 5 aliphatic rings. The number of rotatable bonds is 11. The van der Waals surface area contributed by atoms with E-state index in [2.05, 4.69) is 56.6 Å². The van der Waals surface area contributed by atoms with E-state index in [-0.39, 0.29) is 11.6 Å². The lowest BCUT2D eigenvalue weighted by Crippen LogP contribution is -2.51. The molecule has 5 aliphatic heterocycles. The van der Waals surface area contributed by atoms with Crippen LogP contribution in [-0.2, 0) is 4.79 Å². The largest absolute Gasteiger partial charge is 0.481 e. The molecule has 0 spiro atoms. The van der Waals surface area contributed by atoms with Crippen LogP contribution in [-0.4, -0.2) is 54.1 Å². The summed E-state index contributed by atoms with van der Waals surface area (Å²) in [6.45, 7) is 16.9. The van der Waals surface area contributed by atoms with Crippen LogP contribution >= 0.6 is 0 Å². The molecule has 0 aromatic heterocycles. The minimum atomic E-state index is -0.383. The van der Waals surface area contributed by atoms with Crippen LogP contribution in [0.1, 0.15) is 122 Å². The van der Waals surface area contributed by atoms with E-state index in [1.54, 1.807) is 0 Å². The fraction of sp³-hybridized carbons (Fsp3) is 0.735. The molecule has 2 fully saturated rings. The second-order valence-electron chi connectivity index (χ2n) is 13.3. The first kappa shape index (κ1) is 28.5. The topological polar surface area (TPSA) is 42.0 Å². The first-order chi connectivity index (χ1) is 18.8. The van der Waals surface area contributed by atoms with Gasteiger partial charge < -0.3 is 19.3 Å². The number of nitrogens with zero attached hydrogens (tertiary/aromatic N) is 2. The van der Waals surface area contributed by atoms with Gasteiger partial charge in [0.25, 0.3) is 0 Å². The van der Waals surface area contributed by atoms with Gasteiger partial charge in [0.15, 0.2) is 0 Å². The van der Waals surface area contributed by atoms with E-state index >= 15 is 0 Å². The van der Waals surface area contributed by atoms with Crippen molar-refractivity contribution in [1.82, 2.24) is 9.80 Å². The Labute approximate surface area is 237 Å². The summed E-state index contributed by atoms with van der Waals surface area (Å²) in [6.07, 6.45) is 12.6. The number of ether oxygens (including phenoxy) is 2. The van der Waals surface area contributed by atoms with Crippen LogP contribution in [0.5, 0.6) is 11.5 Å². The normalized spacial score (nSPS) is 22.2. The van der Waals surface area contributed by atoms with Crippen LogP contribution in [0.3, 0.4) is 0 Å². The molecule has 0 radical (unpaired) electrons. The maximum absolute atomic E-state index is 13.3. The van der Waals surface area contributed by atoms with Crippen LogP contribution in [0.15, 0.2) is 17.8 Å². The Hall–Kier alpha value is -2.01. The Kier molecular flexibility index (Phi) is 8.95. The van der Waals surface area contributed by atoms with E-state index < -0.39 is 0 Å². The van der Waals surface area contributed by atoms with Gasteiger partial charge >= 0.3 is 5.97 Å². The predicted molar refractivity (Wildman–Crippen MR) is 159 cm³/mol. The molecule has 0 N–H and O–H groups in total. The number of piperidine rings is 2. The minimum absolute atomic E-state index is 0.108. The lowest BCUT2D eigenvalue weighted by molar-refractivity contribution is -0.134. The summed E-state index contributed by atoms with van der Waals surface area (Å²) in [5, 5.41) is 0. The van der Waals surface area contributed by atoms with E-state index in [1.807, 2.05) is 0 Å². The summed E-state index contributed by atoms with van der Waals surface area (Å²) in [6, 6.07) is 4.46. The zero-order valence-corrected chi connectivity index (χ0v) is 25.3. The average molecular weight is 537 g/mol. The first-order valence-electron chi connectivity index (χ1n) is 16.1. The van der Waals surface area contributed by atoms with Crippen molar-refractivity contribution in [1.29, 1.82) is 0 Å². The van der Waals surface area contributed by atoms with E-state index in [4.69, 9.17) is 9.47 Å². The van der Waals surface area contributed by atoms with Gasteiger partial charge in [0.05, 0.1) is 11.3 Å². The smallest absolute Gasteiger partial charge is 0.311 e. The fourth-order valence-corrected chi connectivity index (χ4v) is 7.50. The lowest BCUT2D eigenvalue weighted by Gasteiger charge is -2.51. The molecule has 5 heteroatoms. The highest BCUT2D eigenvalue weighted by molar-refractivity contribution is 5.85. The average Bonchev–Trinajstić information content (AvgIpc) is 2.93. The summed E-state index contributed by atoms with van der Waals surface area (Å²) in [7, 11) is 0. The van der Waals surface area contributed by atoms with Crippen molar-refractivity contribution in [3.63, 3.8) is 0 Å². The molecule has 0 aliphatic carbocycles. The van der Waals surface area contributed by atoms with E-state index in [0.29, 0.717) is 24.2 Å². The predicted octanol–water partition coefficient (Wildman–Crippen LogP) is 7.79. The lowest BCUT2D eigenvalue weighted by atomic mass is 9.73. The molecule has 5 nitrogen and oxygen atoms in total. The quantitative estimate of drug-likeness (QED) is 0.164. The number of likely N-dealkylation sites (tertiary alicyclic amines) is 1. The molecule has 0 amide bonds. The zero-order valence-electron chi connectivity index (χ0n) is 25.3. The third-order valence-electron chi connectivity index (χ3n) is 9.94. The van der Waals surface area contributed by atoms with Gasteiger partial charge in [0.2, 0.25) is 0 Å². The van der Waals surface area contributed by atoms with Gasteiger partial charge in [-0.05, 0) is 107 Å². The SMILES string of the molecule is CCCCCC(C)C(C)c1cc(OC(=O)CCCN2CCCCC2)c2c(c1)OC(C)(C)C1=C2C2CCN1CC2. The Morgan fingerprint density at radius 2 is 1.79 bits per heavy atom. The maximum atomic E-state index is 13.3. The molecule has 0 saturated carbocycles. The standard InChI is InChI=1S/C34H52N2O3/c1-6-7-9-13-24(2)25(3)27-22-28(38-30(37)14-12-19-35-17-10-8-11-18-35)32-29(23-27)39-34(4,5)33-31(32)26-15-20-36(33)21-16-26/h22-26H,6-21H2,1-5H3. The van der Waals surface area contributed by atoms with Gasteiger partial charge in [-0.1, -0.05) is 52.9 Å². The van der Waals surface area contributed by atoms with Crippen LogP contribution in [0.25, 0.3) is 5.57 Å². The molecule has 6 rings (SSSR count). The van der Waals surface area contributed by atoms with Gasteiger partial charge in [0, 0.05) is 19.5 Å². The molecule has 39 heavy (non-hydrogen) atoms. The highest BCUT2D eigenvalue weighted by atomic mass is 16.5. The van der Waals surface area contributed by atoms with Crippen molar-refractivity contribution < 1.29 is 14.3 Å². The number of benzene rings is 1. The number of hydrogen-bond donors (Lipinski definition) is 0. The molecule has 1 aromatic carbocycles. The van der Waals surface area contributed by atoms with Crippen LogP contribution in [0.2, 0.25) is 0 Å². The molecule has 1 aromatic rings. The van der Waals surface area contributed by atoms with Crippen LogP contribution in [0, 0.1) is 11.8 Å². The second kappa shape index (κ2) is 12.2. The highest BCUT2D eigenvalue weighted by Crippen LogP contribution is 2.55. The molecule has 2 atom stereocenters. The van der Waals surface area contributed by atoms with Crippen molar-refractivity contribution in [2.45, 2.75) is 117 Å². The van der Waals surface area contributed by atoms with Crippen molar-refractivity contribution in [2.75, 3.05) is 32.7 Å². The molecule has 2 unspecified atom stereocenters. The summed E-state index contributed by atoms with van der Waals surface area (Å²) in [5.41, 5.74) is 4.59. The molecule has 5 heterocycles. The van der Waals surface area contributed by atoms with E-state index in [9.17, 15) is 4.79 Å².